The number of hydrogen-bond donors (Lipinski definition) is 0. The van der Waals surface area contributed by atoms with Gasteiger partial charge in [-0.3, -0.25) is 4.79 Å². The van der Waals surface area contributed by atoms with Gasteiger partial charge in [-0.05, 0) is 55.1 Å². The van der Waals surface area contributed by atoms with Gasteiger partial charge >= 0.3 is 5.97 Å². The smallest absolute Gasteiger partial charge is 0.338 e. The van der Waals surface area contributed by atoms with Crippen LogP contribution in [0.1, 0.15) is 44.4 Å². The number of hydrazone groups is 1. The summed E-state index contributed by atoms with van der Waals surface area (Å²) in [7, 11) is 3.14. The molecule has 176 valence electrons. The Morgan fingerprint density at radius 3 is 2.41 bits per heavy atom. The average molecular weight is 479 g/mol. The highest BCUT2D eigenvalue weighted by Gasteiger charge is 2.34. The molecule has 34 heavy (non-hydrogen) atoms. The van der Waals surface area contributed by atoms with Crippen molar-refractivity contribution in [1.82, 2.24) is 5.01 Å². The number of methoxy groups -OCH3 is 2. The van der Waals surface area contributed by atoms with Crippen molar-refractivity contribution in [1.29, 1.82) is 0 Å². The second kappa shape index (κ2) is 10.1. The normalized spacial score (nSPS) is 15.1. The van der Waals surface area contributed by atoms with Crippen LogP contribution >= 0.6 is 11.3 Å². The van der Waals surface area contributed by atoms with Crippen molar-refractivity contribution in [3.05, 3.63) is 81.0 Å². The van der Waals surface area contributed by atoms with E-state index in [1.165, 1.54) is 5.01 Å². The van der Waals surface area contributed by atoms with Crippen LogP contribution in [0.5, 0.6) is 11.5 Å². The molecule has 4 rings (SSSR count). The first-order valence-corrected chi connectivity index (χ1v) is 11.7. The maximum absolute atomic E-state index is 13.2. The second-order valence-electron chi connectivity index (χ2n) is 8.05. The fraction of sp³-hybridized carbons (Fsp3) is 0.269. The van der Waals surface area contributed by atoms with Crippen LogP contribution < -0.4 is 9.47 Å². The lowest BCUT2D eigenvalue weighted by molar-refractivity contribution is -0.136. The Kier molecular flexibility index (Phi) is 6.98. The first-order valence-electron chi connectivity index (χ1n) is 10.8. The van der Waals surface area contributed by atoms with Crippen molar-refractivity contribution in [2.45, 2.75) is 26.3 Å². The molecule has 1 aromatic heterocycles. The number of ether oxygens (including phenoxy) is 3. The maximum Gasteiger partial charge on any atom is 0.338 e. The summed E-state index contributed by atoms with van der Waals surface area (Å²) >= 11 is 1.56. The molecule has 1 aliphatic rings. The van der Waals surface area contributed by atoms with Crippen molar-refractivity contribution in [2.75, 3.05) is 20.8 Å². The van der Waals surface area contributed by atoms with Crippen LogP contribution in [0, 0.1) is 13.8 Å². The van der Waals surface area contributed by atoms with Gasteiger partial charge in [-0.25, -0.2) is 9.80 Å². The summed E-state index contributed by atoms with van der Waals surface area (Å²) in [5.74, 6) is 0.232. The molecule has 8 heteroatoms. The van der Waals surface area contributed by atoms with E-state index in [1.807, 2.05) is 49.6 Å². The van der Waals surface area contributed by atoms with E-state index >= 15 is 0 Å². The first-order chi connectivity index (χ1) is 16.4. The zero-order valence-electron chi connectivity index (χ0n) is 19.5. The number of hydrogen-bond acceptors (Lipinski definition) is 7. The monoisotopic (exact) mass is 478 g/mol. The summed E-state index contributed by atoms with van der Waals surface area (Å²) in [6.45, 7) is 3.41. The fourth-order valence-electron chi connectivity index (χ4n) is 4.02. The maximum atomic E-state index is 13.2. The molecule has 1 aliphatic heterocycles. The van der Waals surface area contributed by atoms with Gasteiger partial charge in [0.15, 0.2) is 18.1 Å². The van der Waals surface area contributed by atoms with Crippen molar-refractivity contribution in [3.8, 4) is 11.5 Å². The molecule has 2 heterocycles. The summed E-state index contributed by atoms with van der Waals surface area (Å²) in [6, 6.07) is 14.6. The predicted molar refractivity (Wildman–Crippen MR) is 131 cm³/mol. The molecule has 0 spiro atoms. The zero-order valence-corrected chi connectivity index (χ0v) is 20.3. The first kappa shape index (κ1) is 23.5. The molecule has 1 amide bonds. The number of aryl methyl sites for hydroxylation is 2. The Morgan fingerprint density at radius 2 is 1.76 bits per heavy atom. The van der Waals surface area contributed by atoms with Gasteiger partial charge in [0.2, 0.25) is 0 Å². The number of esters is 1. The lowest BCUT2D eigenvalue weighted by Gasteiger charge is -2.22. The molecule has 0 bridgehead atoms. The second-order valence-corrected chi connectivity index (χ2v) is 9.00. The third kappa shape index (κ3) is 4.97. The summed E-state index contributed by atoms with van der Waals surface area (Å²) in [5.41, 5.74) is 3.99. The van der Waals surface area contributed by atoms with Gasteiger partial charge < -0.3 is 14.2 Å². The van der Waals surface area contributed by atoms with Gasteiger partial charge in [0.05, 0.1) is 36.4 Å². The van der Waals surface area contributed by atoms with Gasteiger partial charge in [0.25, 0.3) is 5.91 Å². The van der Waals surface area contributed by atoms with Crippen LogP contribution in [0.25, 0.3) is 0 Å². The molecule has 1 unspecified atom stereocenters. The van der Waals surface area contributed by atoms with E-state index in [4.69, 9.17) is 14.2 Å². The Labute approximate surface area is 202 Å². The molecular weight excluding hydrogens is 452 g/mol. The largest absolute Gasteiger partial charge is 0.493 e. The molecule has 0 radical (unpaired) electrons. The number of rotatable bonds is 7. The fourth-order valence-corrected chi connectivity index (χ4v) is 4.74. The summed E-state index contributed by atoms with van der Waals surface area (Å²) in [5, 5.41) is 7.99. The molecule has 1 atom stereocenters. The Bertz CT molecular complexity index is 1220. The van der Waals surface area contributed by atoms with Crippen LogP contribution in [-0.4, -0.2) is 43.4 Å². The molecule has 7 nitrogen and oxygen atoms in total. The summed E-state index contributed by atoms with van der Waals surface area (Å²) < 4.78 is 16.1. The molecular formula is C26H26N2O5S. The van der Waals surface area contributed by atoms with E-state index in [0.29, 0.717) is 23.5 Å². The van der Waals surface area contributed by atoms with Crippen LogP contribution in [0.15, 0.2) is 59.0 Å². The molecule has 0 fully saturated rings. The van der Waals surface area contributed by atoms with Gasteiger partial charge in [-0.1, -0.05) is 29.3 Å². The lowest BCUT2D eigenvalue weighted by Crippen LogP contribution is -2.31. The third-order valence-electron chi connectivity index (χ3n) is 5.55. The topological polar surface area (TPSA) is 77.4 Å². The molecule has 0 N–H and O–H groups in total. The summed E-state index contributed by atoms with van der Waals surface area (Å²) in [4.78, 5) is 26.7. The minimum atomic E-state index is -0.538. The van der Waals surface area contributed by atoms with E-state index in [2.05, 4.69) is 5.10 Å². The van der Waals surface area contributed by atoms with Crippen LogP contribution in [-0.2, 0) is 9.53 Å². The Morgan fingerprint density at radius 1 is 1.03 bits per heavy atom. The molecule has 0 saturated carbocycles. The average Bonchev–Trinajstić information content (AvgIpc) is 3.51. The summed E-state index contributed by atoms with van der Waals surface area (Å²) in [6.07, 6.45) is 0.534. The highest BCUT2D eigenvalue weighted by Crippen LogP contribution is 2.37. The van der Waals surface area contributed by atoms with Crippen molar-refractivity contribution in [3.63, 3.8) is 0 Å². The van der Waals surface area contributed by atoms with Crippen LogP contribution in [0.3, 0.4) is 0 Å². The Hall–Kier alpha value is -3.65. The zero-order chi connectivity index (χ0) is 24.2. The van der Waals surface area contributed by atoms with Crippen molar-refractivity contribution >= 4 is 28.9 Å². The predicted octanol–water partition coefficient (Wildman–Crippen LogP) is 4.92. The van der Waals surface area contributed by atoms with Gasteiger partial charge in [-0.2, -0.15) is 5.10 Å². The number of benzene rings is 2. The number of amides is 1. The van der Waals surface area contributed by atoms with E-state index in [1.54, 1.807) is 43.8 Å². The van der Waals surface area contributed by atoms with Crippen molar-refractivity contribution < 1.29 is 23.8 Å². The molecule has 2 aromatic carbocycles. The molecule has 0 saturated heterocycles. The Balaban J connectivity index is 1.56. The minimum Gasteiger partial charge on any atom is -0.493 e. The third-order valence-corrected chi connectivity index (χ3v) is 6.47. The number of carbonyl (C=O) groups excluding carboxylic acids is 2. The molecule has 0 aliphatic carbocycles. The molecule has 3 aromatic rings. The number of thiophene rings is 1. The number of nitrogens with zero attached hydrogens (tertiary/aromatic N) is 2. The SMILES string of the molecule is COc1ccc(C2CC(c3cccs3)=NN2C(=O)COC(=O)c2cc(C)cc(C)c2)cc1OC. The van der Waals surface area contributed by atoms with E-state index in [0.717, 1.165) is 27.3 Å². The van der Waals surface area contributed by atoms with E-state index in [-0.39, 0.29) is 6.04 Å². The van der Waals surface area contributed by atoms with Gasteiger partial charge in [0.1, 0.15) is 0 Å². The number of carbonyl (C=O) groups is 2. The van der Waals surface area contributed by atoms with Crippen LogP contribution in [0.4, 0.5) is 0 Å². The lowest BCUT2D eigenvalue weighted by atomic mass is 10.0. The highest BCUT2D eigenvalue weighted by atomic mass is 32.1. The van der Waals surface area contributed by atoms with Gasteiger partial charge in [-0.15, -0.1) is 11.3 Å². The van der Waals surface area contributed by atoms with E-state index in [9.17, 15) is 9.59 Å². The van der Waals surface area contributed by atoms with Crippen molar-refractivity contribution in [2.24, 2.45) is 5.10 Å². The highest BCUT2D eigenvalue weighted by molar-refractivity contribution is 7.12. The standard InChI is InChI=1S/C26H26N2O5S/c1-16-10-17(2)12-19(11-16)26(30)33-15-25(29)28-21(14-20(27-28)24-6-5-9-34-24)18-7-8-22(31-3)23(13-18)32-4/h5-13,21H,14-15H2,1-4H3. The van der Waals surface area contributed by atoms with Gasteiger partial charge in [0, 0.05) is 6.42 Å². The quantitative estimate of drug-likeness (QED) is 0.451. The minimum absolute atomic E-state index is 0.357. The van der Waals surface area contributed by atoms with Crippen LogP contribution in [0.2, 0.25) is 0 Å². The van der Waals surface area contributed by atoms with E-state index < -0.39 is 18.5 Å².